The van der Waals surface area contributed by atoms with Crippen LogP contribution in [-0.2, 0) is 10.8 Å². The summed E-state index contributed by atoms with van der Waals surface area (Å²) in [6.07, 6.45) is 0. The molecule has 0 amide bonds. The summed E-state index contributed by atoms with van der Waals surface area (Å²) in [6, 6.07) is 7.77. The molecular formula is C15H21N3O. The number of aromatic nitrogens is 2. The fourth-order valence-corrected chi connectivity index (χ4v) is 1.81. The molecule has 102 valence electrons. The molecule has 0 atom stereocenters. The summed E-state index contributed by atoms with van der Waals surface area (Å²) in [7, 11) is 0. The average Bonchev–Trinajstić information content (AvgIpc) is 2.79. The molecule has 0 fully saturated rings. The molecule has 4 heteroatoms. The molecule has 0 unspecified atom stereocenters. The molecule has 0 aliphatic carbocycles. The van der Waals surface area contributed by atoms with Crippen LogP contribution in [0.1, 0.15) is 51.9 Å². The van der Waals surface area contributed by atoms with Crippen LogP contribution in [-0.4, -0.2) is 10.1 Å². The van der Waals surface area contributed by atoms with Crippen LogP contribution in [0.5, 0.6) is 0 Å². The smallest absolute Gasteiger partial charge is 0.236 e. The van der Waals surface area contributed by atoms with Crippen LogP contribution < -0.4 is 5.73 Å². The zero-order valence-electron chi connectivity index (χ0n) is 12.2. The van der Waals surface area contributed by atoms with E-state index < -0.39 is 0 Å². The minimum absolute atomic E-state index is 0.112. The van der Waals surface area contributed by atoms with Gasteiger partial charge in [0.25, 0.3) is 0 Å². The Morgan fingerprint density at radius 1 is 1.00 bits per heavy atom. The van der Waals surface area contributed by atoms with Crippen LogP contribution in [0.3, 0.4) is 0 Å². The predicted octanol–water partition coefficient (Wildman–Crippen LogP) is 3.28. The summed E-state index contributed by atoms with van der Waals surface area (Å²) in [4.78, 5) is 4.54. The molecule has 0 aliphatic rings. The maximum Gasteiger partial charge on any atom is 0.236 e. The lowest BCUT2D eigenvalue weighted by molar-refractivity contribution is 0.325. The first-order valence-electron chi connectivity index (χ1n) is 6.42. The van der Waals surface area contributed by atoms with E-state index in [4.69, 9.17) is 10.3 Å². The van der Waals surface area contributed by atoms with Gasteiger partial charge in [-0.2, -0.15) is 4.98 Å². The van der Waals surface area contributed by atoms with Gasteiger partial charge in [0, 0.05) is 11.1 Å². The second-order valence-electron chi connectivity index (χ2n) is 6.42. The van der Waals surface area contributed by atoms with Crippen LogP contribution in [0, 0.1) is 0 Å². The van der Waals surface area contributed by atoms with Crippen molar-refractivity contribution >= 4 is 5.69 Å². The first-order valence-corrected chi connectivity index (χ1v) is 6.42. The van der Waals surface area contributed by atoms with E-state index in [1.54, 1.807) is 0 Å². The van der Waals surface area contributed by atoms with Gasteiger partial charge in [-0.05, 0) is 31.5 Å². The molecule has 19 heavy (non-hydrogen) atoms. The first kappa shape index (κ1) is 13.6. The quantitative estimate of drug-likeness (QED) is 0.841. The maximum atomic E-state index is 5.72. The van der Waals surface area contributed by atoms with Crippen LogP contribution in [0.4, 0.5) is 5.69 Å². The van der Waals surface area contributed by atoms with Crippen molar-refractivity contribution in [2.75, 3.05) is 5.73 Å². The van der Waals surface area contributed by atoms with E-state index in [1.165, 1.54) is 0 Å². The first-order chi connectivity index (χ1) is 8.71. The molecule has 0 saturated carbocycles. The predicted molar refractivity (Wildman–Crippen MR) is 76.0 cm³/mol. The number of benzene rings is 1. The van der Waals surface area contributed by atoms with Gasteiger partial charge in [0.15, 0.2) is 5.82 Å². The van der Waals surface area contributed by atoms with Gasteiger partial charge in [0.2, 0.25) is 5.89 Å². The Balaban J connectivity index is 2.39. The fraction of sp³-hybridized carbons (Fsp3) is 0.467. The van der Waals surface area contributed by atoms with Gasteiger partial charge in [-0.3, -0.25) is 0 Å². The molecule has 2 rings (SSSR count). The highest BCUT2D eigenvalue weighted by Gasteiger charge is 2.31. The van der Waals surface area contributed by atoms with E-state index >= 15 is 0 Å². The molecule has 0 radical (unpaired) electrons. The third kappa shape index (κ3) is 2.62. The highest BCUT2D eigenvalue weighted by molar-refractivity contribution is 5.42. The fourth-order valence-electron chi connectivity index (χ4n) is 1.81. The molecule has 1 aromatic heterocycles. The van der Waals surface area contributed by atoms with E-state index in [0.717, 1.165) is 17.1 Å². The second kappa shape index (κ2) is 4.37. The zero-order valence-corrected chi connectivity index (χ0v) is 12.2. The molecule has 1 aromatic carbocycles. The minimum atomic E-state index is -0.329. The monoisotopic (exact) mass is 259 g/mol. The number of rotatable bonds is 2. The summed E-state index contributed by atoms with van der Waals surface area (Å²) in [5, 5.41) is 4.09. The van der Waals surface area contributed by atoms with Crippen molar-refractivity contribution in [3.05, 3.63) is 41.5 Å². The highest BCUT2D eigenvalue weighted by Crippen LogP contribution is 2.32. The van der Waals surface area contributed by atoms with Crippen molar-refractivity contribution in [2.24, 2.45) is 0 Å². The van der Waals surface area contributed by atoms with Crippen molar-refractivity contribution in [1.29, 1.82) is 0 Å². The number of hydrogen-bond donors (Lipinski definition) is 1. The molecule has 0 saturated heterocycles. The lowest BCUT2D eigenvalue weighted by Gasteiger charge is -2.20. The number of hydrogen-bond acceptors (Lipinski definition) is 4. The lowest BCUT2D eigenvalue weighted by atomic mass is 9.84. The van der Waals surface area contributed by atoms with E-state index in [-0.39, 0.29) is 10.8 Å². The highest BCUT2D eigenvalue weighted by atomic mass is 16.5. The summed E-state index contributed by atoms with van der Waals surface area (Å²) in [5.41, 5.74) is 7.13. The number of nitrogens with zero attached hydrogens (tertiary/aromatic N) is 2. The van der Waals surface area contributed by atoms with Crippen molar-refractivity contribution in [2.45, 2.75) is 45.4 Å². The number of nitrogen functional groups attached to an aromatic ring is 1. The van der Waals surface area contributed by atoms with E-state index in [0.29, 0.717) is 5.89 Å². The standard InChI is InChI=1S/C15H21N3O/c1-14(2,3)12-17-13(19-18-12)15(4,5)10-6-8-11(16)9-7-10/h6-9H,16H2,1-5H3. The number of anilines is 1. The van der Waals surface area contributed by atoms with Crippen LogP contribution >= 0.6 is 0 Å². The summed E-state index contributed by atoms with van der Waals surface area (Å²) in [6.45, 7) is 10.3. The maximum absolute atomic E-state index is 5.72. The minimum Gasteiger partial charge on any atom is -0.399 e. The van der Waals surface area contributed by atoms with Crippen LogP contribution in [0.2, 0.25) is 0 Å². The van der Waals surface area contributed by atoms with Gasteiger partial charge in [0.05, 0.1) is 5.41 Å². The second-order valence-corrected chi connectivity index (χ2v) is 6.42. The topological polar surface area (TPSA) is 64.9 Å². The molecule has 4 nitrogen and oxygen atoms in total. The summed E-state index contributed by atoms with van der Waals surface area (Å²) >= 11 is 0. The van der Waals surface area contributed by atoms with Gasteiger partial charge in [-0.15, -0.1) is 0 Å². The van der Waals surface area contributed by atoms with Gasteiger partial charge >= 0.3 is 0 Å². The van der Waals surface area contributed by atoms with Crippen molar-refractivity contribution in [3.8, 4) is 0 Å². The Kier molecular flexibility index (Phi) is 3.12. The number of nitrogens with two attached hydrogens (primary N) is 1. The Labute approximate surface area is 114 Å². The molecule has 2 N–H and O–H groups in total. The third-order valence-corrected chi connectivity index (χ3v) is 3.26. The normalized spacial score (nSPS) is 12.7. The van der Waals surface area contributed by atoms with Crippen molar-refractivity contribution in [1.82, 2.24) is 10.1 Å². The van der Waals surface area contributed by atoms with Crippen molar-refractivity contribution in [3.63, 3.8) is 0 Å². The van der Waals surface area contributed by atoms with Crippen molar-refractivity contribution < 1.29 is 4.52 Å². The average molecular weight is 259 g/mol. The van der Waals surface area contributed by atoms with Gasteiger partial charge in [-0.25, -0.2) is 0 Å². The Morgan fingerprint density at radius 2 is 1.58 bits per heavy atom. The summed E-state index contributed by atoms with van der Waals surface area (Å²) < 4.78 is 5.45. The molecule has 2 aromatic rings. The molecule has 0 aliphatic heterocycles. The zero-order chi connectivity index (χ0) is 14.3. The van der Waals surface area contributed by atoms with Crippen LogP contribution in [0.15, 0.2) is 28.8 Å². The largest absolute Gasteiger partial charge is 0.399 e. The van der Waals surface area contributed by atoms with E-state index in [9.17, 15) is 0 Å². The molecule has 1 heterocycles. The Morgan fingerprint density at radius 3 is 2.05 bits per heavy atom. The van der Waals surface area contributed by atoms with Gasteiger partial charge in [0.1, 0.15) is 0 Å². The van der Waals surface area contributed by atoms with Gasteiger partial charge < -0.3 is 10.3 Å². The SMILES string of the molecule is CC(C)(C)c1noc(C(C)(C)c2ccc(N)cc2)n1. The van der Waals surface area contributed by atoms with Crippen LogP contribution in [0.25, 0.3) is 0 Å². The summed E-state index contributed by atoms with van der Waals surface area (Å²) in [5.74, 6) is 1.35. The Bertz CT molecular complexity index is 562. The molecule has 0 bridgehead atoms. The third-order valence-electron chi connectivity index (χ3n) is 3.26. The lowest BCUT2D eigenvalue weighted by Crippen LogP contribution is -2.20. The van der Waals surface area contributed by atoms with Gasteiger partial charge in [-0.1, -0.05) is 38.1 Å². The molecule has 0 spiro atoms. The van der Waals surface area contributed by atoms with E-state index in [2.05, 4.69) is 44.8 Å². The molecular weight excluding hydrogens is 238 g/mol. The van der Waals surface area contributed by atoms with E-state index in [1.807, 2.05) is 24.3 Å². The Hall–Kier alpha value is -1.84.